The molecule has 0 saturated carbocycles. The molecule has 0 unspecified atom stereocenters. The summed E-state index contributed by atoms with van der Waals surface area (Å²) in [7, 11) is -0.927. The van der Waals surface area contributed by atoms with Gasteiger partial charge in [0.05, 0.1) is 10.6 Å². The second kappa shape index (κ2) is 5.93. The predicted octanol–water partition coefficient (Wildman–Crippen LogP) is 2.88. The van der Waals surface area contributed by atoms with Gasteiger partial charge in [-0.1, -0.05) is 24.3 Å². The van der Waals surface area contributed by atoms with E-state index in [0.29, 0.717) is 10.6 Å². The Morgan fingerprint density at radius 3 is 2.72 bits per heavy atom. The predicted molar refractivity (Wildman–Crippen MR) is 76.5 cm³/mol. The molecule has 1 heterocycles. The smallest absolute Gasteiger partial charge is 0.265 e. The van der Waals surface area contributed by atoms with Crippen LogP contribution in [0.1, 0.15) is 15.2 Å². The van der Waals surface area contributed by atoms with Crippen LogP contribution in [0.25, 0.3) is 0 Å². The number of carbonyl (C=O) groups is 1. The number of rotatable bonds is 4. The fraction of sp³-hybridized carbons (Fsp3) is 0.154. The molecular weight excluding hydrogens is 266 g/mol. The zero-order valence-electron chi connectivity index (χ0n) is 9.88. The lowest BCUT2D eigenvalue weighted by atomic mass is 10.2. The number of amides is 1. The summed E-state index contributed by atoms with van der Waals surface area (Å²) in [6.07, 6.45) is 1.65. The molecule has 1 N–H and O–H groups in total. The number of anilines is 1. The van der Waals surface area contributed by atoms with E-state index in [1.807, 2.05) is 35.7 Å². The second-order valence-electron chi connectivity index (χ2n) is 3.81. The Hall–Kier alpha value is -1.46. The third-order valence-electron chi connectivity index (χ3n) is 2.37. The lowest BCUT2D eigenvalue weighted by Gasteiger charge is -2.09. The third kappa shape index (κ3) is 3.27. The summed E-state index contributed by atoms with van der Waals surface area (Å²) in [6, 6.07) is 11.1. The van der Waals surface area contributed by atoms with E-state index in [-0.39, 0.29) is 5.91 Å². The highest BCUT2D eigenvalue weighted by Gasteiger charge is 2.10. The van der Waals surface area contributed by atoms with Gasteiger partial charge in [0.2, 0.25) is 0 Å². The summed E-state index contributed by atoms with van der Waals surface area (Å²) >= 11 is 1.40. The van der Waals surface area contributed by atoms with Crippen LogP contribution in [0, 0.1) is 0 Å². The molecule has 1 aromatic heterocycles. The van der Waals surface area contributed by atoms with Crippen LogP contribution in [0.3, 0.4) is 0 Å². The quantitative estimate of drug-likeness (QED) is 0.935. The van der Waals surface area contributed by atoms with Gasteiger partial charge in [0.25, 0.3) is 5.91 Å². The van der Waals surface area contributed by atoms with Gasteiger partial charge in [0, 0.05) is 22.7 Å². The van der Waals surface area contributed by atoms with Crippen LogP contribution in [-0.4, -0.2) is 16.4 Å². The number of hydrogen-bond donors (Lipinski definition) is 1. The van der Waals surface area contributed by atoms with Gasteiger partial charge < -0.3 is 5.32 Å². The van der Waals surface area contributed by atoms with Gasteiger partial charge in [0.15, 0.2) is 0 Å². The highest BCUT2D eigenvalue weighted by molar-refractivity contribution is 7.83. The molecule has 2 rings (SSSR count). The van der Waals surface area contributed by atoms with Gasteiger partial charge in [0.1, 0.15) is 0 Å². The Kier molecular flexibility index (Phi) is 4.28. The average Bonchev–Trinajstić information content (AvgIpc) is 2.84. The second-order valence-corrected chi connectivity index (χ2v) is 6.19. The van der Waals surface area contributed by atoms with Gasteiger partial charge in [-0.05, 0) is 23.1 Å². The maximum Gasteiger partial charge on any atom is 0.265 e. The first-order valence-corrected chi connectivity index (χ1v) is 8.00. The van der Waals surface area contributed by atoms with Gasteiger partial charge in [-0.3, -0.25) is 9.00 Å². The minimum atomic E-state index is -0.927. The molecule has 0 aliphatic carbocycles. The molecule has 0 spiro atoms. The molecule has 0 fully saturated rings. The van der Waals surface area contributed by atoms with Crippen LogP contribution in [-0.2, 0) is 16.6 Å². The molecule has 94 valence electrons. The van der Waals surface area contributed by atoms with Crippen molar-refractivity contribution in [2.24, 2.45) is 0 Å². The minimum absolute atomic E-state index is 0.126. The molecule has 18 heavy (non-hydrogen) atoms. The summed E-state index contributed by atoms with van der Waals surface area (Å²) in [5.41, 5.74) is 1.62. The first kappa shape index (κ1) is 13.0. The number of carbonyl (C=O) groups excluding carboxylic acids is 1. The number of para-hydroxylation sites is 1. The highest BCUT2D eigenvalue weighted by Crippen LogP contribution is 2.19. The lowest BCUT2D eigenvalue weighted by Crippen LogP contribution is -2.12. The zero-order chi connectivity index (χ0) is 13.0. The molecule has 0 saturated heterocycles. The monoisotopic (exact) mass is 279 g/mol. The van der Waals surface area contributed by atoms with E-state index in [9.17, 15) is 9.00 Å². The minimum Gasteiger partial charge on any atom is -0.321 e. The fourth-order valence-electron chi connectivity index (χ4n) is 1.58. The Bertz CT molecular complexity index is 564. The van der Waals surface area contributed by atoms with Crippen LogP contribution in [0.5, 0.6) is 0 Å². The summed E-state index contributed by atoms with van der Waals surface area (Å²) in [5.74, 6) is 0.320. The zero-order valence-corrected chi connectivity index (χ0v) is 11.5. The summed E-state index contributed by atoms with van der Waals surface area (Å²) in [4.78, 5) is 12.6. The standard InChI is InChI=1S/C13H13NO2S2/c1-18(16)9-10-5-2-3-6-11(10)14-13(15)12-7-4-8-17-12/h2-8H,9H2,1H3,(H,14,15)/t18-/m0/s1. The van der Waals surface area contributed by atoms with Crippen molar-refractivity contribution >= 4 is 33.7 Å². The van der Waals surface area contributed by atoms with E-state index < -0.39 is 10.8 Å². The lowest BCUT2D eigenvalue weighted by molar-refractivity contribution is 0.103. The molecule has 1 amide bonds. The molecule has 0 radical (unpaired) electrons. The Morgan fingerprint density at radius 1 is 1.28 bits per heavy atom. The van der Waals surface area contributed by atoms with E-state index in [2.05, 4.69) is 5.32 Å². The Labute approximate surface area is 112 Å². The summed E-state index contributed by atoms with van der Waals surface area (Å²) < 4.78 is 11.3. The fourth-order valence-corrected chi connectivity index (χ4v) is 2.89. The molecule has 1 aromatic carbocycles. The van der Waals surface area contributed by atoms with E-state index in [4.69, 9.17) is 0 Å². The van der Waals surface area contributed by atoms with Crippen molar-refractivity contribution in [2.45, 2.75) is 5.75 Å². The van der Waals surface area contributed by atoms with Crippen molar-refractivity contribution in [3.8, 4) is 0 Å². The number of nitrogens with one attached hydrogen (secondary N) is 1. The van der Waals surface area contributed by atoms with Crippen molar-refractivity contribution in [1.82, 2.24) is 0 Å². The van der Waals surface area contributed by atoms with Crippen LogP contribution >= 0.6 is 11.3 Å². The molecule has 5 heteroatoms. The average molecular weight is 279 g/mol. The molecule has 2 aromatic rings. The maximum absolute atomic E-state index is 11.9. The third-order valence-corrected chi connectivity index (χ3v) is 3.96. The van der Waals surface area contributed by atoms with E-state index in [0.717, 1.165) is 11.3 Å². The number of benzene rings is 1. The van der Waals surface area contributed by atoms with E-state index in [1.54, 1.807) is 12.3 Å². The molecular formula is C13H13NO2S2. The molecule has 0 aliphatic heterocycles. The maximum atomic E-state index is 11.9. The van der Waals surface area contributed by atoms with Crippen LogP contribution in [0.4, 0.5) is 5.69 Å². The van der Waals surface area contributed by atoms with Crippen molar-refractivity contribution in [1.29, 1.82) is 0 Å². The molecule has 0 aliphatic rings. The van der Waals surface area contributed by atoms with Crippen LogP contribution in [0.2, 0.25) is 0 Å². The normalized spacial score (nSPS) is 12.1. The molecule has 0 bridgehead atoms. The first-order valence-electron chi connectivity index (χ1n) is 5.39. The topological polar surface area (TPSA) is 46.2 Å². The number of hydrogen-bond acceptors (Lipinski definition) is 3. The van der Waals surface area contributed by atoms with Crippen molar-refractivity contribution in [3.63, 3.8) is 0 Å². The van der Waals surface area contributed by atoms with E-state index in [1.165, 1.54) is 11.3 Å². The van der Waals surface area contributed by atoms with Crippen LogP contribution in [0.15, 0.2) is 41.8 Å². The Balaban J connectivity index is 2.18. The molecule has 1 atom stereocenters. The van der Waals surface area contributed by atoms with Gasteiger partial charge in [-0.25, -0.2) is 0 Å². The molecule has 3 nitrogen and oxygen atoms in total. The van der Waals surface area contributed by atoms with Gasteiger partial charge >= 0.3 is 0 Å². The summed E-state index contributed by atoms with van der Waals surface area (Å²) in [6.45, 7) is 0. The van der Waals surface area contributed by atoms with Crippen molar-refractivity contribution in [3.05, 3.63) is 52.2 Å². The van der Waals surface area contributed by atoms with Crippen molar-refractivity contribution in [2.75, 3.05) is 11.6 Å². The highest BCUT2D eigenvalue weighted by atomic mass is 32.2. The van der Waals surface area contributed by atoms with Gasteiger partial charge in [-0.15, -0.1) is 11.3 Å². The van der Waals surface area contributed by atoms with E-state index >= 15 is 0 Å². The van der Waals surface area contributed by atoms with Gasteiger partial charge in [-0.2, -0.15) is 0 Å². The SMILES string of the molecule is C[S@](=O)Cc1ccccc1NC(=O)c1cccs1. The largest absolute Gasteiger partial charge is 0.321 e. The van der Waals surface area contributed by atoms with Crippen LogP contribution < -0.4 is 5.32 Å². The number of thiophene rings is 1. The first-order chi connectivity index (χ1) is 8.66. The Morgan fingerprint density at radius 2 is 2.06 bits per heavy atom. The van der Waals surface area contributed by atoms with Crippen molar-refractivity contribution < 1.29 is 9.00 Å². The summed E-state index contributed by atoms with van der Waals surface area (Å²) in [5, 5.41) is 4.72.